The van der Waals surface area contributed by atoms with E-state index in [-0.39, 0.29) is 12.2 Å². The number of aromatic nitrogens is 2. The predicted molar refractivity (Wildman–Crippen MR) is 74.3 cm³/mol. The van der Waals surface area contributed by atoms with E-state index < -0.39 is 0 Å². The fourth-order valence-electron chi connectivity index (χ4n) is 1.88. The zero-order valence-electron chi connectivity index (χ0n) is 11.7. The van der Waals surface area contributed by atoms with Gasteiger partial charge in [0.05, 0.1) is 31.9 Å². The van der Waals surface area contributed by atoms with Crippen molar-refractivity contribution >= 4 is 5.78 Å². The summed E-state index contributed by atoms with van der Waals surface area (Å²) < 4.78 is 10.2. The van der Waals surface area contributed by atoms with Crippen molar-refractivity contribution in [2.45, 2.75) is 13.3 Å². The van der Waals surface area contributed by atoms with E-state index in [1.165, 1.54) is 13.4 Å². The van der Waals surface area contributed by atoms with Crippen LogP contribution in [0.25, 0.3) is 0 Å². The number of methoxy groups -OCH3 is 2. The van der Waals surface area contributed by atoms with Crippen molar-refractivity contribution in [3.8, 4) is 11.6 Å². The lowest BCUT2D eigenvalue weighted by molar-refractivity contribution is 0.0989. The van der Waals surface area contributed by atoms with E-state index in [0.717, 1.165) is 5.56 Å². The maximum absolute atomic E-state index is 12.4. The van der Waals surface area contributed by atoms with Crippen molar-refractivity contribution in [3.63, 3.8) is 0 Å². The number of aryl methyl sites for hydroxylation is 1. The van der Waals surface area contributed by atoms with Crippen LogP contribution in [-0.4, -0.2) is 30.0 Å². The molecule has 20 heavy (non-hydrogen) atoms. The number of ketones is 1. The van der Waals surface area contributed by atoms with Crippen LogP contribution in [0.4, 0.5) is 0 Å². The molecule has 1 aromatic carbocycles. The first-order valence-corrected chi connectivity index (χ1v) is 6.16. The molecule has 5 nitrogen and oxygen atoms in total. The second-order valence-corrected chi connectivity index (χ2v) is 4.36. The standard InChI is InChI=1S/C15H16N2O3/c1-10-4-5-14(19-2)12(6-10)13(18)7-11-8-15(20-3)17-9-16-11/h4-6,8-9H,7H2,1-3H3. The van der Waals surface area contributed by atoms with Crippen molar-refractivity contribution in [2.75, 3.05) is 14.2 Å². The maximum Gasteiger partial charge on any atom is 0.216 e. The smallest absolute Gasteiger partial charge is 0.216 e. The van der Waals surface area contributed by atoms with E-state index in [1.54, 1.807) is 19.2 Å². The quantitative estimate of drug-likeness (QED) is 0.781. The van der Waals surface area contributed by atoms with Crippen LogP contribution >= 0.6 is 0 Å². The van der Waals surface area contributed by atoms with Crippen molar-refractivity contribution < 1.29 is 14.3 Å². The van der Waals surface area contributed by atoms with Gasteiger partial charge in [0.15, 0.2) is 5.78 Å². The lowest BCUT2D eigenvalue weighted by Gasteiger charge is -2.08. The van der Waals surface area contributed by atoms with Gasteiger partial charge in [-0.3, -0.25) is 4.79 Å². The van der Waals surface area contributed by atoms with Gasteiger partial charge in [-0.05, 0) is 19.1 Å². The number of Topliss-reactive ketones (excluding diaryl/α,β-unsaturated/α-hetero) is 1. The fraction of sp³-hybridized carbons (Fsp3) is 0.267. The summed E-state index contributed by atoms with van der Waals surface area (Å²) in [5.74, 6) is 0.965. The molecule has 1 heterocycles. The zero-order valence-corrected chi connectivity index (χ0v) is 11.7. The summed E-state index contributed by atoms with van der Waals surface area (Å²) in [5.41, 5.74) is 2.19. The normalized spacial score (nSPS) is 10.2. The Hall–Kier alpha value is -2.43. The van der Waals surface area contributed by atoms with Gasteiger partial charge in [0.2, 0.25) is 5.88 Å². The van der Waals surface area contributed by atoms with Crippen molar-refractivity contribution in [1.29, 1.82) is 0 Å². The number of hydrogen-bond donors (Lipinski definition) is 0. The molecule has 0 aliphatic heterocycles. The van der Waals surface area contributed by atoms with Gasteiger partial charge in [0.1, 0.15) is 12.1 Å². The van der Waals surface area contributed by atoms with Crippen LogP contribution in [0.3, 0.4) is 0 Å². The number of hydrogen-bond acceptors (Lipinski definition) is 5. The second-order valence-electron chi connectivity index (χ2n) is 4.36. The van der Waals surface area contributed by atoms with E-state index in [4.69, 9.17) is 9.47 Å². The number of benzene rings is 1. The minimum atomic E-state index is -0.0497. The summed E-state index contributed by atoms with van der Waals surface area (Å²) in [6, 6.07) is 7.17. The Balaban J connectivity index is 2.25. The summed E-state index contributed by atoms with van der Waals surface area (Å²) >= 11 is 0. The Kier molecular flexibility index (Phi) is 4.30. The average molecular weight is 272 g/mol. The largest absolute Gasteiger partial charge is 0.496 e. The lowest BCUT2D eigenvalue weighted by Crippen LogP contribution is -2.08. The molecular weight excluding hydrogens is 256 g/mol. The Morgan fingerprint density at radius 2 is 1.95 bits per heavy atom. The molecule has 104 valence electrons. The van der Waals surface area contributed by atoms with Crippen LogP contribution in [0, 0.1) is 6.92 Å². The van der Waals surface area contributed by atoms with E-state index in [2.05, 4.69) is 9.97 Å². The molecule has 0 aliphatic rings. The van der Waals surface area contributed by atoms with E-state index in [9.17, 15) is 4.79 Å². The zero-order chi connectivity index (χ0) is 14.5. The highest BCUT2D eigenvalue weighted by Crippen LogP contribution is 2.21. The first kappa shape index (κ1) is 14.0. The van der Waals surface area contributed by atoms with Gasteiger partial charge in [0.25, 0.3) is 0 Å². The third kappa shape index (κ3) is 3.12. The molecule has 0 atom stereocenters. The summed E-state index contributed by atoms with van der Waals surface area (Å²) in [4.78, 5) is 20.4. The van der Waals surface area contributed by atoms with E-state index in [1.807, 2.05) is 19.1 Å². The molecule has 2 rings (SSSR count). The Bertz CT molecular complexity index is 626. The number of carbonyl (C=O) groups is 1. The molecule has 2 aromatic rings. The van der Waals surface area contributed by atoms with Gasteiger partial charge < -0.3 is 9.47 Å². The highest BCUT2D eigenvalue weighted by molar-refractivity contribution is 6.00. The SMILES string of the molecule is COc1cc(CC(=O)c2cc(C)ccc2OC)ncn1. The van der Waals surface area contributed by atoms with Gasteiger partial charge in [-0.25, -0.2) is 9.97 Å². The predicted octanol–water partition coefficient (Wildman–Crippen LogP) is 2.23. The summed E-state index contributed by atoms with van der Waals surface area (Å²) in [7, 11) is 3.08. The summed E-state index contributed by atoms with van der Waals surface area (Å²) in [6.45, 7) is 1.93. The molecule has 0 radical (unpaired) electrons. The number of ether oxygens (including phenoxy) is 2. The molecule has 0 saturated carbocycles. The van der Waals surface area contributed by atoms with Crippen LogP contribution < -0.4 is 9.47 Å². The Morgan fingerprint density at radius 3 is 2.65 bits per heavy atom. The van der Waals surface area contributed by atoms with Gasteiger partial charge in [0, 0.05) is 6.07 Å². The lowest BCUT2D eigenvalue weighted by atomic mass is 10.0. The topological polar surface area (TPSA) is 61.3 Å². The van der Waals surface area contributed by atoms with Crippen LogP contribution in [0.15, 0.2) is 30.6 Å². The van der Waals surface area contributed by atoms with Gasteiger partial charge in [-0.15, -0.1) is 0 Å². The second kappa shape index (κ2) is 6.14. The van der Waals surface area contributed by atoms with Crippen molar-refractivity contribution in [3.05, 3.63) is 47.4 Å². The number of nitrogens with zero attached hydrogens (tertiary/aromatic N) is 2. The number of rotatable bonds is 5. The Labute approximate surface area is 117 Å². The monoisotopic (exact) mass is 272 g/mol. The molecule has 0 unspecified atom stereocenters. The molecule has 0 saturated heterocycles. The van der Waals surface area contributed by atoms with E-state index >= 15 is 0 Å². The molecule has 5 heteroatoms. The third-order valence-electron chi connectivity index (χ3n) is 2.90. The minimum absolute atomic E-state index is 0.0497. The summed E-state index contributed by atoms with van der Waals surface area (Å²) in [6.07, 6.45) is 1.56. The summed E-state index contributed by atoms with van der Waals surface area (Å²) in [5, 5.41) is 0. The first-order valence-electron chi connectivity index (χ1n) is 6.16. The molecule has 0 fully saturated rings. The fourth-order valence-corrected chi connectivity index (χ4v) is 1.88. The third-order valence-corrected chi connectivity index (χ3v) is 2.90. The highest BCUT2D eigenvalue weighted by Gasteiger charge is 2.14. The van der Waals surface area contributed by atoms with Crippen LogP contribution in [0.2, 0.25) is 0 Å². The van der Waals surface area contributed by atoms with Crippen molar-refractivity contribution in [1.82, 2.24) is 9.97 Å². The van der Waals surface area contributed by atoms with Crippen LogP contribution in [0.5, 0.6) is 11.6 Å². The van der Waals surface area contributed by atoms with Gasteiger partial charge in [-0.2, -0.15) is 0 Å². The molecule has 0 bridgehead atoms. The first-order chi connectivity index (χ1) is 9.63. The number of carbonyl (C=O) groups excluding carboxylic acids is 1. The molecule has 0 amide bonds. The van der Waals surface area contributed by atoms with Gasteiger partial charge >= 0.3 is 0 Å². The molecule has 0 aliphatic carbocycles. The molecular formula is C15H16N2O3. The molecule has 0 spiro atoms. The van der Waals surface area contributed by atoms with Crippen molar-refractivity contribution in [2.24, 2.45) is 0 Å². The Morgan fingerprint density at radius 1 is 1.15 bits per heavy atom. The minimum Gasteiger partial charge on any atom is -0.496 e. The maximum atomic E-state index is 12.4. The van der Waals surface area contributed by atoms with Crippen LogP contribution in [0.1, 0.15) is 21.6 Å². The van der Waals surface area contributed by atoms with E-state index in [0.29, 0.717) is 22.9 Å². The van der Waals surface area contributed by atoms with Crippen LogP contribution in [-0.2, 0) is 6.42 Å². The molecule has 1 aromatic heterocycles. The highest BCUT2D eigenvalue weighted by atomic mass is 16.5. The average Bonchev–Trinajstić information content (AvgIpc) is 2.47. The van der Waals surface area contributed by atoms with Gasteiger partial charge in [-0.1, -0.05) is 11.6 Å². The molecule has 0 N–H and O–H groups in total.